The van der Waals surface area contributed by atoms with Gasteiger partial charge in [0, 0.05) is 5.69 Å². The highest BCUT2D eigenvalue weighted by atomic mass is 16.6. The highest BCUT2D eigenvalue weighted by molar-refractivity contribution is 6.51. The highest BCUT2D eigenvalue weighted by Gasteiger charge is 2.37. The Hall–Kier alpha value is -2.02. The second-order valence-electron chi connectivity index (χ2n) is 4.82. The van der Waals surface area contributed by atoms with E-state index in [2.05, 4.69) is 5.32 Å². The Bertz CT molecular complexity index is 463. The van der Waals surface area contributed by atoms with Crippen LogP contribution in [0.25, 0.3) is 0 Å². The molecule has 2 rings (SSSR count). The molecule has 1 aromatic carbocycles. The maximum Gasteiger partial charge on any atom is 0.622 e. The van der Waals surface area contributed by atoms with Crippen molar-refractivity contribution in [2.24, 2.45) is 0 Å². The molecule has 0 aromatic heterocycles. The molecule has 106 valence electrons. The van der Waals surface area contributed by atoms with Crippen molar-refractivity contribution in [3.8, 4) is 0 Å². The van der Waals surface area contributed by atoms with Gasteiger partial charge in [-0.05, 0) is 26.1 Å². The van der Waals surface area contributed by atoms with Crippen LogP contribution in [0.2, 0.25) is 0 Å². The number of benzene rings is 1. The normalized spacial score (nSPS) is 18.6. The van der Waals surface area contributed by atoms with Gasteiger partial charge >= 0.3 is 19.1 Å². The molecule has 1 aliphatic heterocycles. The molecule has 0 amide bonds. The Morgan fingerprint density at radius 3 is 2.25 bits per heavy atom. The number of rotatable bonds is 3. The van der Waals surface area contributed by atoms with Crippen LogP contribution in [0.1, 0.15) is 6.92 Å². The molecule has 7 heteroatoms. The molecule has 6 nitrogen and oxygen atoms in total. The number of nitrogens with one attached hydrogen (secondary N) is 1. The zero-order chi connectivity index (χ0) is 14.5. The van der Waals surface area contributed by atoms with Crippen LogP contribution >= 0.6 is 0 Å². The number of hydrogen-bond donors (Lipinski definition) is 1. The van der Waals surface area contributed by atoms with Crippen LogP contribution in [0.3, 0.4) is 0 Å². The summed E-state index contributed by atoms with van der Waals surface area (Å²) in [5, 5.41) is 3.14. The maximum atomic E-state index is 11.6. The Morgan fingerprint density at radius 2 is 1.70 bits per heavy atom. The molecule has 0 radical (unpaired) electrons. The average molecular weight is 276 g/mol. The monoisotopic (exact) mass is 276 g/mol. The lowest BCUT2D eigenvalue weighted by Gasteiger charge is -2.26. The van der Waals surface area contributed by atoms with Crippen molar-refractivity contribution in [3.63, 3.8) is 0 Å². The van der Waals surface area contributed by atoms with E-state index in [1.165, 1.54) is 0 Å². The van der Waals surface area contributed by atoms with Crippen LogP contribution < -0.4 is 5.32 Å². The first-order valence-corrected chi connectivity index (χ1v) is 6.43. The summed E-state index contributed by atoms with van der Waals surface area (Å²) in [4.78, 5) is 24.8. The minimum Gasteiger partial charge on any atom is -0.497 e. The van der Waals surface area contributed by atoms with Crippen LogP contribution in [0, 0.1) is 0 Å². The summed E-state index contributed by atoms with van der Waals surface area (Å²) in [6, 6.07) is 9.45. The van der Waals surface area contributed by atoms with Crippen LogP contribution in [0.5, 0.6) is 0 Å². The van der Waals surface area contributed by atoms with Crippen molar-refractivity contribution in [2.45, 2.75) is 12.9 Å². The lowest BCUT2D eigenvalue weighted by Crippen LogP contribution is -2.49. The van der Waals surface area contributed by atoms with Gasteiger partial charge < -0.3 is 14.6 Å². The number of hydrogen-bond acceptors (Lipinski definition) is 6. The number of anilines is 1. The molecular weight excluding hydrogens is 259 g/mol. The third-order valence-electron chi connectivity index (χ3n) is 2.87. The van der Waals surface area contributed by atoms with E-state index in [0.717, 1.165) is 5.69 Å². The Kier molecular flexibility index (Phi) is 4.63. The number of para-hydroxylation sites is 1. The van der Waals surface area contributed by atoms with E-state index in [4.69, 9.17) is 9.31 Å². The molecule has 1 aromatic rings. The summed E-state index contributed by atoms with van der Waals surface area (Å²) in [6.07, 6.45) is 0. The number of carbonyl (C=O) groups excluding carboxylic acids is 2. The first kappa shape index (κ1) is 14.4. The number of likely N-dealkylation sites (N-methyl/N-ethyl adjacent to an activating group) is 1. The fraction of sp³-hybridized carbons (Fsp3) is 0.385. The molecule has 1 N–H and O–H groups in total. The molecule has 1 aliphatic rings. The molecule has 1 unspecified atom stereocenters. The van der Waals surface area contributed by atoms with Gasteiger partial charge in [-0.3, -0.25) is 14.5 Å². The lowest BCUT2D eigenvalue weighted by molar-refractivity contribution is -0.145. The first-order valence-electron chi connectivity index (χ1n) is 6.43. The second kappa shape index (κ2) is 6.43. The van der Waals surface area contributed by atoms with Crippen LogP contribution in [-0.4, -0.2) is 50.0 Å². The summed E-state index contributed by atoms with van der Waals surface area (Å²) in [7, 11) is 0.734. The van der Waals surface area contributed by atoms with Gasteiger partial charge in [-0.25, -0.2) is 0 Å². The lowest BCUT2D eigenvalue weighted by atomic mass is 9.79. The van der Waals surface area contributed by atoms with Gasteiger partial charge in [0.15, 0.2) is 0 Å². The predicted molar refractivity (Wildman–Crippen MR) is 75.0 cm³/mol. The third-order valence-corrected chi connectivity index (χ3v) is 2.87. The minimum atomic E-state index is -0.927. The predicted octanol–water partition coefficient (Wildman–Crippen LogP) is 0.546. The zero-order valence-corrected chi connectivity index (χ0v) is 11.5. The second-order valence-corrected chi connectivity index (χ2v) is 4.82. The molecule has 0 spiro atoms. The molecule has 1 fully saturated rings. The van der Waals surface area contributed by atoms with Crippen molar-refractivity contribution in [2.75, 3.05) is 25.5 Å². The van der Waals surface area contributed by atoms with Crippen LogP contribution in [0.4, 0.5) is 5.69 Å². The molecule has 20 heavy (non-hydrogen) atoms. The Balaban J connectivity index is 2.01. The van der Waals surface area contributed by atoms with E-state index in [1.807, 2.05) is 30.3 Å². The summed E-state index contributed by atoms with van der Waals surface area (Å²) in [5.41, 5.74) is 0.867. The summed E-state index contributed by atoms with van der Waals surface area (Å²) >= 11 is 0. The molecule has 0 bridgehead atoms. The topological polar surface area (TPSA) is 67.9 Å². The number of nitrogens with zero attached hydrogens (tertiary/aromatic N) is 1. The minimum absolute atomic E-state index is 0.0731. The van der Waals surface area contributed by atoms with Crippen molar-refractivity contribution < 1.29 is 18.9 Å². The smallest absolute Gasteiger partial charge is 0.497 e. The van der Waals surface area contributed by atoms with Gasteiger partial charge in [0.25, 0.3) is 0 Å². The van der Waals surface area contributed by atoms with E-state index >= 15 is 0 Å². The van der Waals surface area contributed by atoms with Gasteiger partial charge in [-0.1, -0.05) is 18.2 Å². The van der Waals surface area contributed by atoms with Crippen molar-refractivity contribution in [1.82, 2.24) is 4.90 Å². The SMILES string of the molecule is CC(Nc1ccccc1)B1OC(=O)CN(C)CC(=O)O1. The number of carbonyl (C=O) groups is 2. The van der Waals surface area contributed by atoms with Crippen molar-refractivity contribution in [1.29, 1.82) is 0 Å². The zero-order valence-electron chi connectivity index (χ0n) is 11.5. The molecule has 1 heterocycles. The molecular formula is C13H17BN2O4. The maximum absolute atomic E-state index is 11.6. The first-order chi connectivity index (χ1) is 9.54. The largest absolute Gasteiger partial charge is 0.622 e. The third kappa shape index (κ3) is 3.99. The van der Waals surface area contributed by atoms with Gasteiger partial charge in [-0.15, -0.1) is 0 Å². The fourth-order valence-corrected chi connectivity index (χ4v) is 1.92. The summed E-state index contributed by atoms with van der Waals surface area (Å²) in [5.74, 6) is -1.16. The molecule has 0 saturated carbocycles. The molecule has 1 saturated heterocycles. The van der Waals surface area contributed by atoms with Crippen molar-refractivity contribution >= 4 is 24.7 Å². The van der Waals surface area contributed by atoms with E-state index in [1.54, 1.807) is 18.9 Å². The van der Waals surface area contributed by atoms with Crippen LogP contribution in [0.15, 0.2) is 30.3 Å². The molecule has 0 aliphatic carbocycles. The van der Waals surface area contributed by atoms with Gasteiger partial charge in [0.05, 0.1) is 19.0 Å². The summed E-state index contributed by atoms with van der Waals surface area (Å²) < 4.78 is 10.4. The van der Waals surface area contributed by atoms with E-state index in [9.17, 15) is 9.59 Å². The van der Waals surface area contributed by atoms with Gasteiger partial charge in [0.2, 0.25) is 0 Å². The van der Waals surface area contributed by atoms with Gasteiger partial charge in [-0.2, -0.15) is 0 Å². The van der Waals surface area contributed by atoms with Gasteiger partial charge in [0.1, 0.15) is 0 Å². The quantitative estimate of drug-likeness (QED) is 0.813. The highest BCUT2D eigenvalue weighted by Crippen LogP contribution is 2.11. The average Bonchev–Trinajstić information content (AvgIpc) is 2.37. The Labute approximate surface area is 118 Å². The van der Waals surface area contributed by atoms with E-state index in [0.29, 0.717) is 0 Å². The van der Waals surface area contributed by atoms with E-state index in [-0.39, 0.29) is 19.0 Å². The summed E-state index contributed by atoms with van der Waals surface area (Å²) in [6.45, 7) is 1.94. The standard InChI is InChI=1S/C13H17BN2O4/c1-10(15-11-6-4-3-5-7-11)14-19-12(17)8-16(2)9-13(18)20-14/h3-7,10,15H,8-9H2,1-2H3. The Morgan fingerprint density at radius 1 is 1.15 bits per heavy atom. The van der Waals surface area contributed by atoms with Crippen LogP contribution in [-0.2, 0) is 18.9 Å². The molecule has 1 atom stereocenters. The van der Waals surface area contributed by atoms with Crippen molar-refractivity contribution in [3.05, 3.63) is 30.3 Å². The van der Waals surface area contributed by atoms with E-state index < -0.39 is 19.1 Å². The fourth-order valence-electron chi connectivity index (χ4n) is 1.92.